The fourth-order valence-corrected chi connectivity index (χ4v) is 22.5. The van der Waals surface area contributed by atoms with Crippen LogP contribution in [0.3, 0.4) is 0 Å². The fraction of sp³-hybridized carbons (Fsp3) is 0.0657. The summed E-state index contributed by atoms with van der Waals surface area (Å²) in [4.78, 5) is 4.76. The molecule has 21 aromatic carbocycles. The van der Waals surface area contributed by atoms with Crippen molar-refractivity contribution in [2.75, 3.05) is 15.1 Å². The van der Waals surface area contributed by atoms with Crippen molar-refractivity contribution in [1.29, 1.82) is 0 Å². The summed E-state index contributed by atoms with van der Waals surface area (Å²) in [5, 5.41) is 22.7. The molecule has 0 saturated heterocycles. The molecule has 0 unspecified atom stereocenters. The van der Waals surface area contributed by atoms with Crippen LogP contribution in [0.4, 0.5) is 45.5 Å². The first kappa shape index (κ1) is 90.9. The third kappa shape index (κ3) is 16.5. The van der Waals surface area contributed by atoms with Crippen molar-refractivity contribution in [3.8, 4) is 56.7 Å². The lowest BCUT2D eigenvalue weighted by Crippen LogP contribution is -2.10. The van der Waals surface area contributed by atoms with Crippen LogP contribution < -0.4 is 15.1 Å². The average Bonchev–Trinajstić information content (AvgIpc) is 1.54. The Kier molecular flexibility index (Phi) is 23.1. The predicted molar refractivity (Wildman–Crippen MR) is 629 cm³/mol. The van der Waals surface area contributed by atoms with E-state index in [0.717, 1.165) is 189 Å². The maximum Gasteiger partial charge on any atom is 0.135 e. The highest BCUT2D eigenvalue weighted by atomic mass is 35.5. The van der Waals surface area contributed by atoms with Gasteiger partial charge in [-0.2, -0.15) is 0 Å². The number of aromatic nitrogens is 4. The lowest BCUT2D eigenvalue weighted by molar-refractivity contribution is 0.631. The normalized spacial score (nSPS) is 11.8. The van der Waals surface area contributed by atoms with Gasteiger partial charge in [-0.15, -0.1) is 0 Å². The highest BCUT2D eigenvalue weighted by Crippen LogP contribution is 2.51. The first-order chi connectivity index (χ1) is 73.1. The summed E-state index contributed by atoms with van der Waals surface area (Å²) >= 11 is 13.0. The largest absolute Gasteiger partial charge is 0.456 e. The van der Waals surface area contributed by atoms with Gasteiger partial charge in [0, 0.05) is 154 Å². The monoisotopic (exact) mass is 1960 g/mol. The molecule has 28 rings (SSSR count). The molecule has 0 aliphatic heterocycles. The van der Waals surface area contributed by atoms with E-state index in [1.165, 1.54) is 81.3 Å². The summed E-state index contributed by atoms with van der Waals surface area (Å²) < 4.78 is 28.1. The molecule has 28 aromatic rings. The molecule has 7 heterocycles. The molecule has 0 spiro atoms. The number of anilines is 8. The summed E-state index contributed by atoms with van der Waals surface area (Å²) in [7, 11) is 0. The minimum atomic E-state index is 0.412. The zero-order chi connectivity index (χ0) is 100. The Balaban J connectivity index is 0.000000144. The van der Waals surface area contributed by atoms with Gasteiger partial charge in [0.05, 0.1) is 44.1 Å². The highest BCUT2D eigenvalue weighted by Gasteiger charge is 2.28. The van der Waals surface area contributed by atoms with Gasteiger partial charge in [0.1, 0.15) is 34.0 Å². The predicted octanol–water partition coefficient (Wildman–Crippen LogP) is 40.4. The molecule has 0 aliphatic rings. The van der Waals surface area contributed by atoms with E-state index < -0.39 is 0 Å². The molecule has 0 aliphatic carbocycles. The molecule has 0 bridgehead atoms. The number of rotatable bonds is 18. The summed E-state index contributed by atoms with van der Waals surface area (Å²) in [5.74, 6) is 3.98. The van der Waals surface area contributed by atoms with Crippen molar-refractivity contribution < 1.29 is 13.3 Å². The minimum absolute atomic E-state index is 0.412. The number of hydrogen-bond acceptors (Lipinski definition) is 6. The Labute approximate surface area is 872 Å². The van der Waals surface area contributed by atoms with E-state index in [4.69, 9.17) is 36.5 Å². The van der Waals surface area contributed by atoms with Crippen molar-refractivity contribution >= 4 is 210 Å². The van der Waals surface area contributed by atoms with Gasteiger partial charge in [-0.25, -0.2) is 0 Å². The highest BCUT2D eigenvalue weighted by molar-refractivity contribution is 6.35. The van der Waals surface area contributed by atoms with Crippen molar-refractivity contribution in [2.24, 2.45) is 0 Å². The lowest BCUT2D eigenvalue weighted by atomic mass is 9.99. The van der Waals surface area contributed by atoms with Crippen LogP contribution in [-0.2, 0) is 0 Å². The van der Waals surface area contributed by atoms with Gasteiger partial charge in [0.25, 0.3) is 0 Å². The van der Waals surface area contributed by atoms with Crippen LogP contribution in [0.25, 0.3) is 198 Å². The van der Waals surface area contributed by atoms with E-state index in [9.17, 15) is 0 Å². The Hall–Kier alpha value is -18.1. The molecule has 0 saturated carbocycles. The van der Waals surface area contributed by atoms with Gasteiger partial charge in [0.15, 0.2) is 0 Å². The summed E-state index contributed by atoms with van der Waals surface area (Å²) in [6, 6.07) is 171. The molecule has 0 fully saturated rings. The van der Waals surface area contributed by atoms with Crippen molar-refractivity contribution in [2.45, 2.75) is 59.3 Å². The van der Waals surface area contributed by atoms with Gasteiger partial charge in [0.2, 0.25) is 0 Å². The SMILES string of the molecule is CC(C)c1ccc(N(c2ccc(-c3cc4ccccc4o3)cc2)c2ccc3c4c5ccc6c(c5ccc4n(-c4ccccc4)c3c2)c2ccc(N(c3ccc(-c4cc5ccccc5o4)cc3)c3ccc(C(C)C)cc3)cc2n6-c2ccccc2)cc1.CC(C)c1ccc(Nc2ccc(-c3cc4ccccc4o3)cc2)cc1.Clc1ccc2c3c4ccc5c(c4ccc3n(-c3ccccc3)c2c1)c1ccc(Cl)cc1n5-c1ccccc1. The van der Waals surface area contributed by atoms with Crippen LogP contribution in [0.1, 0.15) is 76.0 Å². The van der Waals surface area contributed by atoms with E-state index in [-0.39, 0.29) is 0 Å². The van der Waals surface area contributed by atoms with Gasteiger partial charge in [-0.1, -0.05) is 277 Å². The number of fused-ring (bicyclic) bond motifs is 21. The Morgan fingerprint density at radius 1 is 0.208 bits per heavy atom. The number of nitrogens with one attached hydrogen (secondary N) is 1. The molecule has 149 heavy (non-hydrogen) atoms. The number of halogens is 2. The van der Waals surface area contributed by atoms with Crippen molar-refractivity contribution in [3.05, 3.63) is 506 Å². The maximum atomic E-state index is 6.51. The van der Waals surface area contributed by atoms with E-state index in [2.05, 4.69) is 487 Å². The Morgan fingerprint density at radius 3 is 0.732 bits per heavy atom. The second-order valence-corrected chi connectivity index (χ2v) is 40.5. The molecule has 7 aromatic heterocycles. The second kappa shape index (κ2) is 37.8. The van der Waals surface area contributed by atoms with E-state index in [1.807, 2.05) is 66.7 Å². The number of benzene rings is 21. The van der Waals surface area contributed by atoms with Gasteiger partial charge in [-0.05, 0) is 323 Å². The molecule has 0 amide bonds. The van der Waals surface area contributed by atoms with E-state index in [0.29, 0.717) is 17.8 Å². The molecular weight excluding hydrogens is 1860 g/mol. The zero-order valence-electron chi connectivity index (χ0n) is 83.0. The quantitative estimate of drug-likeness (QED) is 0.0922. The molecule has 716 valence electrons. The molecule has 12 heteroatoms. The number of hydrogen-bond donors (Lipinski definition) is 1. The van der Waals surface area contributed by atoms with Crippen LogP contribution in [0.5, 0.6) is 0 Å². The van der Waals surface area contributed by atoms with E-state index >= 15 is 0 Å². The average molecular weight is 1960 g/mol. The second-order valence-electron chi connectivity index (χ2n) is 39.6. The zero-order valence-corrected chi connectivity index (χ0v) is 84.5. The minimum Gasteiger partial charge on any atom is -0.456 e. The number of furan rings is 3. The lowest BCUT2D eigenvalue weighted by Gasteiger charge is -2.26. The number of para-hydroxylation sites is 7. The summed E-state index contributed by atoms with van der Waals surface area (Å²) in [6.45, 7) is 13.4. The fourth-order valence-electron chi connectivity index (χ4n) is 22.2. The third-order valence-corrected chi connectivity index (χ3v) is 30.0. The van der Waals surface area contributed by atoms with Crippen molar-refractivity contribution in [3.63, 3.8) is 0 Å². The molecule has 10 nitrogen and oxygen atoms in total. The molecule has 0 radical (unpaired) electrons. The third-order valence-electron chi connectivity index (χ3n) is 29.5. The van der Waals surface area contributed by atoms with E-state index in [1.54, 1.807) is 0 Å². The van der Waals surface area contributed by atoms with Crippen LogP contribution in [0.2, 0.25) is 10.0 Å². The number of nitrogens with zero attached hydrogens (tertiary/aromatic N) is 6. The summed E-state index contributed by atoms with van der Waals surface area (Å²) in [6.07, 6.45) is 0. The topological polar surface area (TPSA) is 77.7 Å². The Morgan fingerprint density at radius 2 is 0.443 bits per heavy atom. The standard InChI is InChI=1S/C80H60N4O2.C34H20Cl2N2.C23H21NO/c1-51(2)53-23-31-61(32-24-53)81(63-35-27-55(28-36-63)77-47-57-15-11-13-21-75(57)85-77)65-39-41-69-73(49-65)83(59-17-7-5-8-18-59)71-45-43-68-67(79(69)71)44-46-72-80(68)70-42-40-66(50-74(70)84(72)60-19-9-6-10-20-60)82(62-33-25-54(26-34-62)52(3)4)64-37-29-56(30-38-64)78-48-58-16-12-14-22-76(58)86-78;35-21-11-13-27-31(19-21)37(23-7-3-1-4-8-23)29-17-15-26-25(33(27)29)16-18-30-34(26)28-14-12-22(36)20-32(28)38(30)24-9-5-2-6-10-24;1-16(2)17-7-11-20(12-8-17)24-21-13-9-18(10-14-21)23-15-19-5-3-4-6-22(19)25-23/h5-52H,1-4H3;1-20H;3-16,24H,1-2H3. The smallest absolute Gasteiger partial charge is 0.135 e. The van der Waals surface area contributed by atoms with Crippen LogP contribution >= 0.6 is 23.2 Å². The molecule has 1 N–H and O–H groups in total. The van der Waals surface area contributed by atoms with Crippen LogP contribution in [0, 0.1) is 0 Å². The molecular formula is C137H101Cl2N7O3. The first-order valence-electron chi connectivity index (χ1n) is 51.1. The van der Waals surface area contributed by atoms with Gasteiger partial charge < -0.3 is 46.6 Å². The van der Waals surface area contributed by atoms with Crippen molar-refractivity contribution in [1.82, 2.24) is 18.3 Å². The Bertz CT molecular complexity index is 9370. The summed E-state index contributed by atoms with van der Waals surface area (Å²) in [5.41, 5.74) is 31.9. The maximum absolute atomic E-state index is 6.51. The first-order valence-corrected chi connectivity index (χ1v) is 51.8. The van der Waals surface area contributed by atoms with Crippen LogP contribution in [-0.4, -0.2) is 18.3 Å². The van der Waals surface area contributed by atoms with Gasteiger partial charge >= 0.3 is 0 Å². The molecule has 0 atom stereocenters. The van der Waals surface area contributed by atoms with Gasteiger partial charge in [-0.3, -0.25) is 0 Å². The van der Waals surface area contributed by atoms with Crippen LogP contribution in [0.15, 0.2) is 492 Å².